The van der Waals surface area contributed by atoms with Gasteiger partial charge in [0, 0.05) is 0 Å². The number of ether oxygens (including phenoxy) is 1. The maximum absolute atomic E-state index is 10.3. The van der Waals surface area contributed by atoms with Crippen LogP contribution in [-0.2, 0) is 11.2 Å². The molecule has 5 heteroatoms. The molecule has 1 aromatic heterocycles. The Hall–Kier alpha value is -1.52. The van der Waals surface area contributed by atoms with Crippen molar-refractivity contribution in [3.8, 4) is 5.75 Å². The molecule has 0 aliphatic carbocycles. The van der Waals surface area contributed by atoms with Gasteiger partial charge in [0.2, 0.25) is 0 Å². The summed E-state index contributed by atoms with van der Waals surface area (Å²) in [7, 11) is 0. The van der Waals surface area contributed by atoms with E-state index in [1.807, 2.05) is 6.92 Å². The van der Waals surface area contributed by atoms with Crippen LogP contribution in [0.2, 0.25) is 0 Å². The van der Waals surface area contributed by atoms with Gasteiger partial charge in [-0.15, -0.1) is 0 Å². The molecule has 0 spiro atoms. The number of hydrogen-bond donors (Lipinski definition) is 2. The zero-order valence-electron chi connectivity index (χ0n) is 6.70. The van der Waals surface area contributed by atoms with E-state index >= 15 is 0 Å². The van der Waals surface area contributed by atoms with Gasteiger partial charge in [-0.3, -0.25) is 9.89 Å². The lowest BCUT2D eigenvalue weighted by Gasteiger charge is -2.00. The van der Waals surface area contributed by atoms with Crippen LogP contribution in [0, 0.1) is 0 Å². The fourth-order valence-corrected chi connectivity index (χ4v) is 0.860. The van der Waals surface area contributed by atoms with Gasteiger partial charge < -0.3 is 9.84 Å². The minimum atomic E-state index is -0.903. The number of rotatable bonds is 4. The maximum atomic E-state index is 10.3. The summed E-state index contributed by atoms with van der Waals surface area (Å²) in [5.74, 6) is -0.389. The number of aromatic nitrogens is 2. The summed E-state index contributed by atoms with van der Waals surface area (Å²) in [6.45, 7) is 2.34. The highest BCUT2D eigenvalue weighted by Gasteiger charge is 2.08. The molecule has 0 aliphatic rings. The van der Waals surface area contributed by atoms with Crippen LogP contribution >= 0.6 is 0 Å². The molecule has 0 bridgehead atoms. The summed E-state index contributed by atoms with van der Waals surface area (Å²) in [5.41, 5.74) is 0.504. The van der Waals surface area contributed by atoms with E-state index in [0.717, 1.165) is 0 Å². The van der Waals surface area contributed by atoms with Crippen LogP contribution in [0.15, 0.2) is 6.20 Å². The minimum Gasteiger partial charge on any atom is -0.490 e. The van der Waals surface area contributed by atoms with Crippen LogP contribution in [0.1, 0.15) is 12.6 Å². The number of carboxylic acids is 1. The van der Waals surface area contributed by atoms with E-state index < -0.39 is 5.97 Å². The lowest BCUT2D eigenvalue weighted by Crippen LogP contribution is -2.03. The highest BCUT2D eigenvalue weighted by atomic mass is 16.5. The molecule has 0 saturated carbocycles. The first-order valence-electron chi connectivity index (χ1n) is 3.61. The Labute approximate surface area is 69.4 Å². The fourth-order valence-electron chi connectivity index (χ4n) is 0.860. The molecule has 0 atom stereocenters. The van der Waals surface area contributed by atoms with Gasteiger partial charge in [0.15, 0.2) is 5.75 Å². The SMILES string of the molecule is CCOc1cn[nH]c1CC(=O)O. The second kappa shape index (κ2) is 3.75. The third-order valence-electron chi connectivity index (χ3n) is 1.31. The molecule has 0 aliphatic heterocycles. The second-order valence-electron chi connectivity index (χ2n) is 2.22. The van der Waals surface area contributed by atoms with E-state index in [4.69, 9.17) is 9.84 Å². The molecular formula is C7H10N2O3. The molecule has 0 amide bonds. The Kier molecular flexibility index (Phi) is 2.68. The normalized spacial score (nSPS) is 9.75. The van der Waals surface area contributed by atoms with Crippen molar-refractivity contribution >= 4 is 5.97 Å². The Morgan fingerprint density at radius 1 is 1.83 bits per heavy atom. The summed E-state index contributed by atoms with van der Waals surface area (Å²) in [4.78, 5) is 10.3. The van der Waals surface area contributed by atoms with Crippen molar-refractivity contribution in [3.63, 3.8) is 0 Å². The van der Waals surface area contributed by atoms with Crippen LogP contribution in [0.25, 0.3) is 0 Å². The molecule has 1 aromatic rings. The van der Waals surface area contributed by atoms with Crippen LogP contribution < -0.4 is 4.74 Å². The van der Waals surface area contributed by atoms with Crippen molar-refractivity contribution in [1.82, 2.24) is 10.2 Å². The van der Waals surface area contributed by atoms with Crippen molar-refractivity contribution < 1.29 is 14.6 Å². The molecule has 66 valence electrons. The number of aliphatic carboxylic acids is 1. The van der Waals surface area contributed by atoms with Crippen LogP contribution in [0.4, 0.5) is 0 Å². The number of nitrogens with one attached hydrogen (secondary N) is 1. The number of carbonyl (C=O) groups is 1. The van der Waals surface area contributed by atoms with Crippen LogP contribution in [-0.4, -0.2) is 27.9 Å². The van der Waals surface area contributed by atoms with Crippen molar-refractivity contribution in [2.45, 2.75) is 13.3 Å². The zero-order valence-corrected chi connectivity index (χ0v) is 6.70. The van der Waals surface area contributed by atoms with E-state index in [-0.39, 0.29) is 6.42 Å². The predicted molar refractivity (Wildman–Crippen MR) is 41.1 cm³/mol. The maximum Gasteiger partial charge on any atom is 0.309 e. The van der Waals surface area contributed by atoms with Gasteiger partial charge in [0.05, 0.1) is 24.9 Å². The Morgan fingerprint density at radius 2 is 2.58 bits per heavy atom. The lowest BCUT2D eigenvalue weighted by molar-refractivity contribution is -0.136. The van der Waals surface area contributed by atoms with E-state index in [2.05, 4.69) is 10.2 Å². The largest absolute Gasteiger partial charge is 0.490 e. The van der Waals surface area contributed by atoms with E-state index in [1.54, 1.807) is 0 Å². The average molecular weight is 170 g/mol. The molecule has 0 saturated heterocycles. The first kappa shape index (κ1) is 8.58. The zero-order chi connectivity index (χ0) is 8.97. The van der Waals surface area contributed by atoms with Crippen molar-refractivity contribution in [2.24, 2.45) is 0 Å². The fraction of sp³-hybridized carbons (Fsp3) is 0.429. The van der Waals surface area contributed by atoms with E-state index in [9.17, 15) is 4.79 Å². The number of nitrogens with zero attached hydrogens (tertiary/aromatic N) is 1. The molecule has 12 heavy (non-hydrogen) atoms. The number of hydrogen-bond acceptors (Lipinski definition) is 3. The van der Waals surface area contributed by atoms with Gasteiger partial charge in [0.1, 0.15) is 0 Å². The summed E-state index contributed by atoms with van der Waals surface area (Å²) in [6, 6.07) is 0. The third kappa shape index (κ3) is 1.98. The van der Waals surface area contributed by atoms with Gasteiger partial charge in [0.25, 0.3) is 0 Å². The highest BCUT2D eigenvalue weighted by Crippen LogP contribution is 2.14. The topological polar surface area (TPSA) is 75.2 Å². The highest BCUT2D eigenvalue weighted by molar-refractivity contribution is 5.70. The molecule has 2 N–H and O–H groups in total. The molecule has 0 fully saturated rings. The van der Waals surface area contributed by atoms with E-state index in [0.29, 0.717) is 18.1 Å². The minimum absolute atomic E-state index is 0.0880. The van der Waals surface area contributed by atoms with Crippen LogP contribution in [0.5, 0.6) is 5.75 Å². The molecule has 1 heterocycles. The predicted octanol–water partition coefficient (Wildman–Crippen LogP) is 0.435. The van der Waals surface area contributed by atoms with Gasteiger partial charge in [-0.05, 0) is 6.92 Å². The average Bonchev–Trinajstić information content (AvgIpc) is 2.37. The lowest BCUT2D eigenvalue weighted by atomic mass is 10.3. The Bertz CT molecular complexity index is 269. The Balaban J connectivity index is 2.69. The quantitative estimate of drug-likeness (QED) is 0.687. The summed E-state index contributed by atoms with van der Waals surface area (Å²) >= 11 is 0. The second-order valence-corrected chi connectivity index (χ2v) is 2.22. The van der Waals surface area contributed by atoms with Gasteiger partial charge in [-0.1, -0.05) is 0 Å². The molecule has 5 nitrogen and oxygen atoms in total. The number of H-pyrrole nitrogens is 1. The molecule has 1 rings (SSSR count). The monoisotopic (exact) mass is 170 g/mol. The van der Waals surface area contributed by atoms with Crippen molar-refractivity contribution in [1.29, 1.82) is 0 Å². The number of aromatic amines is 1. The Morgan fingerprint density at radius 3 is 3.17 bits per heavy atom. The molecular weight excluding hydrogens is 160 g/mol. The summed E-state index contributed by atoms with van der Waals surface area (Å²) in [6.07, 6.45) is 1.39. The summed E-state index contributed by atoms with van der Waals surface area (Å²) in [5, 5.41) is 14.7. The third-order valence-corrected chi connectivity index (χ3v) is 1.31. The van der Waals surface area contributed by atoms with Crippen molar-refractivity contribution in [2.75, 3.05) is 6.61 Å². The van der Waals surface area contributed by atoms with Gasteiger partial charge in [-0.2, -0.15) is 5.10 Å². The number of carboxylic acid groups (broad SMARTS) is 1. The van der Waals surface area contributed by atoms with Crippen LogP contribution in [0.3, 0.4) is 0 Å². The van der Waals surface area contributed by atoms with Gasteiger partial charge >= 0.3 is 5.97 Å². The van der Waals surface area contributed by atoms with Crippen molar-refractivity contribution in [3.05, 3.63) is 11.9 Å². The molecule has 0 unspecified atom stereocenters. The molecule has 0 radical (unpaired) electrons. The standard InChI is InChI=1S/C7H10N2O3/c1-2-12-6-4-8-9-5(6)3-7(10)11/h4H,2-3H2,1H3,(H,8,9)(H,10,11). The first-order valence-corrected chi connectivity index (χ1v) is 3.61. The van der Waals surface area contributed by atoms with E-state index in [1.165, 1.54) is 6.20 Å². The smallest absolute Gasteiger partial charge is 0.309 e. The van der Waals surface area contributed by atoms with Gasteiger partial charge in [-0.25, -0.2) is 0 Å². The summed E-state index contributed by atoms with van der Waals surface area (Å²) < 4.78 is 5.12. The first-order chi connectivity index (χ1) is 5.74. The molecule has 0 aromatic carbocycles.